The van der Waals surface area contributed by atoms with Gasteiger partial charge in [-0.05, 0) is 42.5 Å². The smallest absolute Gasteiger partial charge is 0.243 e. The van der Waals surface area contributed by atoms with Crippen LogP contribution in [0.5, 0.6) is 0 Å². The Morgan fingerprint density at radius 2 is 1.41 bits per heavy atom. The fourth-order valence-corrected chi connectivity index (χ4v) is 4.61. The molecular weight excluding hydrogens is 545 g/mol. The van der Waals surface area contributed by atoms with Crippen LogP contribution in [0.1, 0.15) is 38.3 Å². The van der Waals surface area contributed by atoms with E-state index in [1.165, 1.54) is 0 Å². The third-order valence-corrected chi connectivity index (χ3v) is 6.48. The van der Waals surface area contributed by atoms with Gasteiger partial charge in [0.2, 0.25) is 29.5 Å². The van der Waals surface area contributed by atoms with Gasteiger partial charge in [-0.1, -0.05) is 56.3 Å². The number of nitrogens with one attached hydrogen (secondary N) is 5. The Balaban J connectivity index is 1.89. The van der Waals surface area contributed by atoms with Crippen LogP contribution in [0.3, 0.4) is 0 Å². The zero-order valence-electron chi connectivity index (χ0n) is 23.7. The lowest BCUT2D eigenvalue weighted by molar-refractivity contribution is -0.130. The molecule has 0 spiro atoms. The number of amides is 5. The lowest BCUT2D eigenvalue weighted by atomic mass is 9.97. The maximum atomic E-state index is 12.9. The highest BCUT2D eigenvalue weighted by molar-refractivity contribution is 7.21. The first-order valence-electron chi connectivity index (χ1n) is 13.3. The molecule has 2 rings (SSSR count). The van der Waals surface area contributed by atoms with Crippen LogP contribution in [0, 0.1) is 5.92 Å². The first-order valence-corrected chi connectivity index (χ1v) is 13.9. The van der Waals surface area contributed by atoms with E-state index in [2.05, 4.69) is 35.8 Å². The van der Waals surface area contributed by atoms with E-state index in [0.29, 0.717) is 23.6 Å². The summed E-state index contributed by atoms with van der Waals surface area (Å²) in [6.07, 6.45) is 0.785. The maximum Gasteiger partial charge on any atom is 0.243 e. The van der Waals surface area contributed by atoms with Crippen molar-refractivity contribution in [2.75, 3.05) is 25.0 Å². The van der Waals surface area contributed by atoms with Crippen molar-refractivity contribution in [2.24, 2.45) is 5.92 Å². The summed E-state index contributed by atoms with van der Waals surface area (Å²) in [5.41, 5.74) is 1.99. The van der Waals surface area contributed by atoms with Gasteiger partial charge in [0.05, 0.1) is 31.4 Å². The minimum Gasteiger partial charge on any atom is -0.392 e. The molecule has 0 aliphatic rings. The van der Waals surface area contributed by atoms with Gasteiger partial charge in [0.25, 0.3) is 0 Å². The molecule has 222 valence electrons. The van der Waals surface area contributed by atoms with Crippen molar-refractivity contribution in [3.63, 3.8) is 0 Å². The molecule has 0 aromatic heterocycles. The molecule has 6 N–H and O–H groups in total. The summed E-state index contributed by atoms with van der Waals surface area (Å²) in [5, 5.41) is 21.2. The highest BCUT2D eigenvalue weighted by Gasteiger charge is 2.29. The molecule has 3 atom stereocenters. The second kappa shape index (κ2) is 16.4. The number of rotatable bonds is 15. The number of carbonyl (C=O) groups excluding carboxylic acids is 5. The summed E-state index contributed by atoms with van der Waals surface area (Å²) in [6.45, 7) is 4.64. The van der Waals surface area contributed by atoms with Gasteiger partial charge in [0, 0.05) is 12.1 Å². The summed E-state index contributed by atoms with van der Waals surface area (Å²) in [5.74, 6) is -2.19. The Morgan fingerprint density at radius 1 is 0.805 bits per heavy atom. The van der Waals surface area contributed by atoms with Gasteiger partial charge >= 0.3 is 0 Å². The molecule has 12 heteroatoms. The molecule has 0 aliphatic carbocycles. The van der Waals surface area contributed by atoms with Crippen LogP contribution in [0.2, 0.25) is 0 Å². The van der Waals surface area contributed by atoms with E-state index in [0.717, 1.165) is 5.56 Å². The van der Waals surface area contributed by atoms with Crippen LogP contribution >= 0.6 is 9.24 Å². The molecule has 2 aromatic carbocycles. The van der Waals surface area contributed by atoms with Crippen molar-refractivity contribution in [1.82, 2.24) is 21.3 Å². The average molecular weight is 586 g/mol. The normalized spacial score (nSPS) is 12.9. The molecule has 0 saturated heterocycles. The molecule has 5 amide bonds. The zero-order valence-corrected chi connectivity index (χ0v) is 24.8. The topological polar surface area (TPSA) is 166 Å². The molecule has 0 heterocycles. The van der Waals surface area contributed by atoms with Crippen LogP contribution in [0.4, 0.5) is 5.69 Å². The Hall–Kier alpha value is -3.82. The molecule has 41 heavy (non-hydrogen) atoms. The van der Waals surface area contributed by atoms with E-state index in [-0.39, 0.29) is 32.0 Å². The quantitative estimate of drug-likeness (QED) is 0.170. The number of hydrogen-bond donors (Lipinski definition) is 6. The van der Waals surface area contributed by atoms with Crippen LogP contribution in [0.25, 0.3) is 0 Å². The largest absolute Gasteiger partial charge is 0.392 e. The Kier molecular flexibility index (Phi) is 13.4. The molecule has 0 radical (unpaired) electrons. The second-order valence-electron chi connectivity index (χ2n) is 10.4. The van der Waals surface area contributed by atoms with Gasteiger partial charge in [-0.2, -0.15) is 0 Å². The van der Waals surface area contributed by atoms with Gasteiger partial charge in [-0.3, -0.25) is 24.0 Å². The summed E-state index contributed by atoms with van der Waals surface area (Å²) >= 11 is 0. The lowest BCUT2D eigenvalue weighted by Gasteiger charge is -2.25. The van der Waals surface area contributed by atoms with Crippen LogP contribution in [0.15, 0.2) is 54.6 Å². The van der Waals surface area contributed by atoms with Crippen molar-refractivity contribution in [1.29, 1.82) is 0 Å². The van der Waals surface area contributed by atoms with Crippen molar-refractivity contribution in [3.8, 4) is 0 Å². The number of anilines is 1. The number of hydrogen-bond acceptors (Lipinski definition) is 6. The minimum atomic E-state index is -1.01. The fourth-order valence-electron chi connectivity index (χ4n) is 4.04. The predicted molar refractivity (Wildman–Crippen MR) is 160 cm³/mol. The van der Waals surface area contributed by atoms with E-state index in [1.807, 2.05) is 19.9 Å². The Bertz CT molecular complexity index is 1190. The van der Waals surface area contributed by atoms with E-state index in [9.17, 15) is 24.0 Å². The number of aliphatic hydroxyl groups excluding tert-OH is 1. The Morgan fingerprint density at radius 3 is 2.02 bits per heavy atom. The van der Waals surface area contributed by atoms with Gasteiger partial charge in [-0.25, -0.2) is 0 Å². The first kappa shape index (κ1) is 33.4. The third kappa shape index (κ3) is 12.5. The Labute approximate surface area is 242 Å². The molecule has 0 bridgehead atoms. The summed E-state index contributed by atoms with van der Waals surface area (Å²) in [4.78, 5) is 62.5. The summed E-state index contributed by atoms with van der Waals surface area (Å²) < 4.78 is 0. The average Bonchev–Trinajstić information content (AvgIpc) is 2.93. The highest BCUT2D eigenvalue weighted by Crippen LogP contribution is 2.26. The standard InChI is InChI=1S/C29H40N5O6P/c1-19(2)14-29(3,41)28(40)32-15-24(36)30-16-26(38)34-23(13-20-7-5-4-6-8-20)27(39)31-17-25(37)33-22-11-9-21(18-35)10-12-22/h4-12,19,23,35H,13-18,41H2,1-3H3,(H,30,36)(H,31,39)(H,32,40)(H,33,37)(H,34,38)/t23-,29?/m0/s1. The SMILES string of the molecule is CC(C)CC(C)(P)C(=O)NCC(=O)NCC(=O)N[C@@H](Cc1ccccc1)C(=O)NCC(=O)Nc1ccc(CO)cc1. The van der Waals surface area contributed by atoms with E-state index < -0.39 is 41.4 Å². The van der Waals surface area contributed by atoms with Crippen molar-refractivity contribution >= 4 is 44.5 Å². The third-order valence-electron chi connectivity index (χ3n) is 5.98. The predicted octanol–water partition coefficient (Wildman–Crippen LogP) is 0.873. The van der Waals surface area contributed by atoms with E-state index >= 15 is 0 Å². The molecule has 0 aliphatic heterocycles. The van der Waals surface area contributed by atoms with Gasteiger partial charge < -0.3 is 31.7 Å². The second-order valence-corrected chi connectivity index (χ2v) is 11.7. The van der Waals surface area contributed by atoms with Crippen molar-refractivity contribution < 1.29 is 29.1 Å². The van der Waals surface area contributed by atoms with Gasteiger partial charge in [-0.15, -0.1) is 9.24 Å². The molecule has 11 nitrogen and oxygen atoms in total. The number of aliphatic hydroxyl groups is 1. The fraction of sp³-hybridized carbons (Fsp3) is 0.414. The van der Waals surface area contributed by atoms with E-state index in [1.54, 1.807) is 55.5 Å². The summed E-state index contributed by atoms with van der Waals surface area (Å²) in [6, 6.07) is 14.6. The van der Waals surface area contributed by atoms with Crippen LogP contribution in [-0.4, -0.2) is 65.5 Å². The number of benzene rings is 2. The molecule has 2 aromatic rings. The van der Waals surface area contributed by atoms with Crippen LogP contribution in [-0.2, 0) is 37.0 Å². The monoisotopic (exact) mass is 585 g/mol. The van der Waals surface area contributed by atoms with Crippen LogP contribution < -0.4 is 26.6 Å². The highest BCUT2D eigenvalue weighted by atomic mass is 31.0. The van der Waals surface area contributed by atoms with Gasteiger partial charge in [0.15, 0.2) is 0 Å². The first-order chi connectivity index (χ1) is 19.4. The van der Waals surface area contributed by atoms with Crippen molar-refractivity contribution in [2.45, 2.75) is 51.4 Å². The maximum absolute atomic E-state index is 12.9. The zero-order chi connectivity index (χ0) is 30.4. The molecule has 2 unspecified atom stereocenters. The minimum absolute atomic E-state index is 0.116. The number of carbonyl (C=O) groups is 5. The molecule has 0 saturated carbocycles. The lowest BCUT2D eigenvalue weighted by Crippen LogP contribution is -2.52. The summed E-state index contributed by atoms with van der Waals surface area (Å²) in [7, 11) is 2.51. The van der Waals surface area contributed by atoms with Gasteiger partial charge in [0.1, 0.15) is 6.04 Å². The molecular formula is C29H40N5O6P. The van der Waals surface area contributed by atoms with E-state index in [4.69, 9.17) is 5.11 Å². The van der Waals surface area contributed by atoms with Crippen molar-refractivity contribution in [3.05, 3.63) is 65.7 Å². The molecule has 0 fully saturated rings.